The number of carbonyl (C=O) groups excluding carboxylic acids is 1. The molecule has 0 spiro atoms. The lowest BCUT2D eigenvalue weighted by molar-refractivity contribution is 0.199. The molecule has 0 bridgehead atoms. The Kier molecular flexibility index (Phi) is 7.07. The van der Waals surface area contributed by atoms with Crippen molar-refractivity contribution in [1.82, 2.24) is 24.5 Å². The Balaban J connectivity index is 1.43. The molecule has 2 aliphatic heterocycles. The standard InChI is InChI=1S/C18H32N6OS/c1-3-7-22-10-6-15(14-22)13-19-17(25)23-8-5-9-24(12-11-23)18-20-16(4-2)21-26-18/h15H,3-14H2,1-2H3,(H,19,25). The smallest absolute Gasteiger partial charge is 0.317 e. The lowest BCUT2D eigenvalue weighted by atomic mass is 10.1. The van der Waals surface area contributed by atoms with Gasteiger partial charge in [0, 0.05) is 57.2 Å². The summed E-state index contributed by atoms with van der Waals surface area (Å²) in [5.74, 6) is 1.51. The third kappa shape index (κ3) is 5.07. The topological polar surface area (TPSA) is 64.6 Å². The van der Waals surface area contributed by atoms with E-state index < -0.39 is 0 Å². The van der Waals surface area contributed by atoms with Gasteiger partial charge in [-0.25, -0.2) is 9.78 Å². The number of aryl methyl sites for hydroxylation is 1. The van der Waals surface area contributed by atoms with E-state index in [1.165, 1.54) is 37.5 Å². The number of rotatable bonds is 6. The largest absolute Gasteiger partial charge is 0.345 e. The SMILES string of the molecule is CCCN1CCC(CNC(=O)N2CCCN(c3nc(CC)ns3)CC2)C1. The normalized spacial score (nSPS) is 21.8. The Morgan fingerprint density at radius 1 is 1.23 bits per heavy atom. The molecule has 0 aromatic carbocycles. The van der Waals surface area contributed by atoms with Crippen molar-refractivity contribution in [3.63, 3.8) is 0 Å². The van der Waals surface area contributed by atoms with Gasteiger partial charge in [0.15, 0.2) is 0 Å². The maximum Gasteiger partial charge on any atom is 0.317 e. The Hall–Kier alpha value is -1.41. The second-order valence-electron chi connectivity index (χ2n) is 7.32. The number of hydrogen-bond donors (Lipinski definition) is 1. The molecule has 2 saturated heterocycles. The number of anilines is 1. The third-order valence-electron chi connectivity index (χ3n) is 5.28. The van der Waals surface area contributed by atoms with Gasteiger partial charge in [0.25, 0.3) is 0 Å². The van der Waals surface area contributed by atoms with E-state index in [2.05, 4.69) is 38.3 Å². The first-order chi connectivity index (χ1) is 12.7. The van der Waals surface area contributed by atoms with Crippen molar-refractivity contribution < 1.29 is 4.79 Å². The summed E-state index contributed by atoms with van der Waals surface area (Å²) in [7, 11) is 0. The van der Waals surface area contributed by atoms with Gasteiger partial charge in [-0.2, -0.15) is 4.37 Å². The van der Waals surface area contributed by atoms with Crippen LogP contribution in [0.2, 0.25) is 0 Å². The van der Waals surface area contributed by atoms with Crippen molar-refractivity contribution >= 4 is 22.7 Å². The van der Waals surface area contributed by atoms with Gasteiger partial charge in [0.1, 0.15) is 5.82 Å². The van der Waals surface area contributed by atoms with Gasteiger partial charge in [-0.1, -0.05) is 13.8 Å². The van der Waals surface area contributed by atoms with Gasteiger partial charge in [0.05, 0.1) is 0 Å². The molecule has 26 heavy (non-hydrogen) atoms. The zero-order chi connectivity index (χ0) is 18.4. The minimum Gasteiger partial charge on any atom is -0.345 e. The fourth-order valence-corrected chi connectivity index (χ4v) is 4.57. The van der Waals surface area contributed by atoms with Crippen molar-refractivity contribution in [3.05, 3.63) is 5.82 Å². The lowest BCUT2D eigenvalue weighted by Crippen LogP contribution is -2.43. The van der Waals surface area contributed by atoms with E-state index >= 15 is 0 Å². The van der Waals surface area contributed by atoms with Gasteiger partial charge in [-0.3, -0.25) is 0 Å². The summed E-state index contributed by atoms with van der Waals surface area (Å²) in [5, 5.41) is 4.16. The van der Waals surface area contributed by atoms with Crippen molar-refractivity contribution in [3.8, 4) is 0 Å². The van der Waals surface area contributed by atoms with Crippen LogP contribution in [0.3, 0.4) is 0 Å². The van der Waals surface area contributed by atoms with Crippen LogP contribution >= 0.6 is 11.5 Å². The lowest BCUT2D eigenvalue weighted by Gasteiger charge is -2.23. The molecule has 1 aromatic rings. The molecule has 3 rings (SSSR count). The molecule has 1 aromatic heterocycles. The molecule has 1 N–H and O–H groups in total. The zero-order valence-electron chi connectivity index (χ0n) is 16.1. The number of likely N-dealkylation sites (tertiary alicyclic amines) is 1. The van der Waals surface area contributed by atoms with Gasteiger partial charge in [-0.05, 0) is 38.3 Å². The molecular weight excluding hydrogens is 348 g/mol. The quantitative estimate of drug-likeness (QED) is 0.818. The minimum absolute atomic E-state index is 0.0901. The van der Waals surface area contributed by atoms with Crippen LogP contribution in [0.25, 0.3) is 0 Å². The molecular formula is C18H32N6OS. The van der Waals surface area contributed by atoms with Crippen LogP contribution in [-0.2, 0) is 6.42 Å². The number of hydrogen-bond acceptors (Lipinski definition) is 6. The molecule has 2 aliphatic rings. The Morgan fingerprint density at radius 3 is 2.88 bits per heavy atom. The second kappa shape index (κ2) is 9.50. The van der Waals surface area contributed by atoms with E-state index in [9.17, 15) is 4.79 Å². The zero-order valence-corrected chi connectivity index (χ0v) is 16.9. The third-order valence-corrected chi connectivity index (χ3v) is 6.09. The van der Waals surface area contributed by atoms with Crippen LogP contribution in [0.4, 0.5) is 9.93 Å². The highest BCUT2D eigenvalue weighted by atomic mass is 32.1. The number of amides is 2. The van der Waals surface area contributed by atoms with Gasteiger partial charge < -0.3 is 20.0 Å². The first-order valence-corrected chi connectivity index (χ1v) is 10.8. The molecule has 7 nitrogen and oxygen atoms in total. The minimum atomic E-state index is 0.0901. The average Bonchev–Trinajstić information content (AvgIpc) is 3.24. The van der Waals surface area contributed by atoms with Crippen molar-refractivity contribution in [2.24, 2.45) is 5.92 Å². The van der Waals surface area contributed by atoms with E-state index in [-0.39, 0.29) is 6.03 Å². The predicted molar refractivity (Wildman–Crippen MR) is 106 cm³/mol. The summed E-state index contributed by atoms with van der Waals surface area (Å²) in [6.45, 7) is 11.9. The first kappa shape index (κ1) is 19.4. The van der Waals surface area contributed by atoms with E-state index in [1.807, 2.05) is 4.90 Å². The molecule has 1 unspecified atom stereocenters. The van der Waals surface area contributed by atoms with Gasteiger partial charge >= 0.3 is 6.03 Å². The Bertz CT molecular complexity index is 580. The van der Waals surface area contributed by atoms with Gasteiger partial charge in [-0.15, -0.1) is 0 Å². The summed E-state index contributed by atoms with van der Waals surface area (Å²) in [6, 6.07) is 0.0901. The number of nitrogens with zero attached hydrogens (tertiary/aromatic N) is 5. The average molecular weight is 381 g/mol. The molecule has 8 heteroatoms. The fraction of sp³-hybridized carbons (Fsp3) is 0.833. The number of urea groups is 1. The van der Waals surface area contributed by atoms with E-state index in [0.717, 1.165) is 63.1 Å². The number of nitrogens with one attached hydrogen (secondary N) is 1. The summed E-state index contributed by atoms with van der Waals surface area (Å²) in [5.41, 5.74) is 0. The predicted octanol–water partition coefficient (Wildman–Crippen LogP) is 2.05. The van der Waals surface area contributed by atoms with E-state index in [4.69, 9.17) is 0 Å². The number of aromatic nitrogens is 2. The highest BCUT2D eigenvalue weighted by Crippen LogP contribution is 2.19. The van der Waals surface area contributed by atoms with Crippen molar-refractivity contribution in [2.75, 3.05) is 57.3 Å². The maximum atomic E-state index is 12.6. The molecule has 146 valence electrons. The molecule has 1 atom stereocenters. The highest BCUT2D eigenvalue weighted by Gasteiger charge is 2.24. The molecule has 2 fully saturated rings. The molecule has 2 amide bonds. The maximum absolute atomic E-state index is 12.6. The Morgan fingerprint density at radius 2 is 2.12 bits per heavy atom. The number of carbonyl (C=O) groups is 1. The van der Waals surface area contributed by atoms with Crippen LogP contribution < -0.4 is 10.2 Å². The molecule has 0 aliphatic carbocycles. The monoisotopic (exact) mass is 380 g/mol. The highest BCUT2D eigenvalue weighted by molar-refractivity contribution is 7.09. The summed E-state index contributed by atoms with van der Waals surface area (Å²) < 4.78 is 4.38. The Labute approximate surface area is 160 Å². The molecule has 3 heterocycles. The van der Waals surface area contributed by atoms with E-state index in [1.54, 1.807) is 0 Å². The molecule has 0 radical (unpaired) electrons. The van der Waals surface area contributed by atoms with Crippen LogP contribution in [0.5, 0.6) is 0 Å². The van der Waals surface area contributed by atoms with Crippen LogP contribution in [0, 0.1) is 5.92 Å². The summed E-state index contributed by atoms with van der Waals surface area (Å²) in [6.07, 6.45) is 4.25. The van der Waals surface area contributed by atoms with Crippen LogP contribution in [-0.4, -0.2) is 77.5 Å². The van der Waals surface area contributed by atoms with Crippen LogP contribution in [0.15, 0.2) is 0 Å². The fourth-order valence-electron chi connectivity index (χ4n) is 3.77. The molecule has 0 saturated carbocycles. The van der Waals surface area contributed by atoms with Crippen molar-refractivity contribution in [1.29, 1.82) is 0 Å². The first-order valence-electron chi connectivity index (χ1n) is 10.0. The van der Waals surface area contributed by atoms with Gasteiger partial charge in [0.2, 0.25) is 5.13 Å². The van der Waals surface area contributed by atoms with E-state index in [0.29, 0.717) is 5.92 Å². The summed E-state index contributed by atoms with van der Waals surface area (Å²) >= 11 is 1.47. The van der Waals surface area contributed by atoms with Crippen molar-refractivity contribution in [2.45, 2.75) is 39.5 Å². The second-order valence-corrected chi connectivity index (χ2v) is 8.05. The summed E-state index contributed by atoms with van der Waals surface area (Å²) in [4.78, 5) is 23.9. The van der Waals surface area contributed by atoms with Crippen LogP contribution in [0.1, 0.15) is 38.9 Å².